The highest BCUT2D eigenvalue weighted by atomic mass is 28.4. The molecule has 182 valence electrons. The summed E-state index contributed by atoms with van der Waals surface area (Å²) in [6.07, 6.45) is 10.5. The predicted octanol–water partition coefficient (Wildman–Crippen LogP) is 9.11. The lowest BCUT2D eigenvalue weighted by Gasteiger charge is -2.33. The van der Waals surface area contributed by atoms with Crippen LogP contribution in [0.15, 0.2) is 0 Å². The van der Waals surface area contributed by atoms with E-state index >= 15 is 0 Å². The molecule has 0 aliphatic rings. The summed E-state index contributed by atoms with van der Waals surface area (Å²) in [4.78, 5) is 0. The summed E-state index contributed by atoms with van der Waals surface area (Å²) >= 11 is 0. The van der Waals surface area contributed by atoms with Crippen LogP contribution in [0.2, 0.25) is 56.9 Å². The molecule has 0 saturated heterocycles. The number of hydrogen-bond acceptors (Lipinski definition) is 2. The van der Waals surface area contributed by atoms with Crippen LogP contribution in [0, 0.1) is 11.8 Å². The van der Waals surface area contributed by atoms with Crippen LogP contribution in [0.4, 0.5) is 0 Å². The average molecular weight is 475 g/mol. The third kappa shape index (κ3) is 17.2. The lowest BCUT2D eigenvalue weighted by Crippen LogP contribution is -2.44. The fourth-order valence-corrected chi connectivity index (χ4v) is 12.5. The van der Waals surface area contributed by atoms with E-state index in [1.807, 2.05) is 0 Å². The highest BCUT2D eigenvalue weighted by Crippen LogP contribution is 2.26. The molecule has 0 spiro atoms. The smallest absolute Gasteiger partial charge is 0.191 e. The molecule has 0 aromatic heterocycles. The quantitative estimate of drug-likeness (QED) is 0.137. The molecule has 1 atom stereocenters. The van der Waals surface area contributed by atoms with Crippen molar-refractivity contribution in [1.29, 1.82) is 0 Å². The third-order valence-corrected chi connectivity index (χ3v) is 15.4. The van der Waals surface area contributed by atoms with Crippen molar-refractivity contribution in [3.05, 3.63) is 0 Å². The van der Waals surface area contributed by atoms with Crippen LogP contribution in [0.3, 0.4) is 0 Å². The molecule has 0 radical (unpaired) electrons. The van der Waals surface area contributed by atoms with E-state index in [1.54, 1.807) is 0 Å². The largest absolute Gasteiger partial charge is 0.420 e. The first-order valence-electron chi connectivity index (χ1n) is 13.1. The standard InChI is InChI=1S/C25H58O2Si3/c1-11-12-21-30(10,27-23-28(6,7)19-15-17-25(4)5)22-18-26-29(8,9)20-14-13-16-24(2)3/h24-25H,11-23H2,1-10H3. The Morgan fingerprint density at radius 1 is 0.633 bits per heavy atom. The first kappa shape index (κ1) is 30.6. The van der Waals surface area contributed by atoms with Gasteiger partial charge >= 0.3 is 0 Å². The Hall–Kier alpha value is 0.571. The Morgan fingerprint density at radius 3 is 1.80 bits per heavy atom. The molecule has 0 saturated carbocycles. The second-order valence-electron chi connectivity index (χ2n) is 12.3. The van der Waals surface area contributed by atoms with Crippen LogP contribution in [0.1, 0.15) is 79.6 Å². The Morgan fingerprint density at radius 2 is 1.23 bits per heavy atom. The van der Waals surface area contributed by atoms with Crippen molar-refractivity contribution in [2.24, 2.45) is 11.8 Å². The van der Waals surface area contributed by atoms with Crippen molar-refractivity contribution >= 4 is 24.7 Å². The topological polar surface area (TPSA) is 18.5 Å². The summed E-state index contributed by atoms with van der Waals surface area (Å²) in [6, 6.07) is 5.21. The van der Waals surface area contributed by atoms with Gasteiger partial charge in [-0.05, 0) is 49.6 Å². The van der Waals surface area contributed by atoms with E-state index in [9.17, 15) is 0 Å². The summed E-state index contributed by atoms with van der Waals surface area (Å²) in [5, 5.41) is 0. The van der Waals surface area contributed by atoms with E-state index in [1.165, 1.54) is 69.1 Å². The monoisotopic (exact) mass is 474 g/mol. The van der Waals surface area contributed by atoms with Gasteiger partial charge < -0.3 is 8.85 Å². The van der Waals surface area contributed by atoms with E-state index in [4.69, 9.17) is 8.85 Å². The molecule has 2 nitrogen and oxygen atoms in total. The highest BCUT2D eigenvalue weighted by Gasteiger charge is 2.33. The Kier molecular flexibility index (Phi) is 15.7. The zero-order valence-corrected chi connectivity index (χ0v) is 25.7. The highest BCUT2D eigenvalue weighted by molar-refractivity contribution is 6.79. The summed E-state index contributed by atoms with van der Waals surface area (Å²) < 4.78 is 13.4. The Balaban J connectivity index is 4.52. The second kappa shape index (κ2) is 15.4. The molecule has 5 heteroatoms. The van der Waals surface area contributed by atoms with Crippen LogP contribution < -0.4 is 0 Å². The zero-order chi connectivity index (χ0) is 23.3. The van der Waals surface area contributed by atoms with E-state index in [0.29, 0.717) is 0 Å². The van der Waals surface area contributed by atoms with E-state index < -0.39 is 24.7 Å². The van der Waals surface area contributed by atoms with Gasteiger partial charge in [0.15, 0.2) is 16.6 Å². The van der Waals surface area contributed by atoms with Crippen LogP contribution in [-0.4, -0.2) is 37.5 Å². The van der Waals surface area contributed by atoms with Gasteiger partial charge in [-0.15, -0.1) is 0 Å². The molecule has 0 amide bonds. The van der Waals surface area contributed by atoms with Crippen LogP contribution in [0.5, 0.6) is 0 Å². The molecule has 0 aromatic rings. The minimum absolute atomic E-state index is 0.829. The maximum Gasteiger partial charge on any atom is 0.191 e. The van der Waals surface area contributed by atoms with Gasteiger partial charge in [0.1, 0.15) is 0 Å². The van der Waals surface area contributed by atoms with Gasteiger partial charge in [0.25, 0.3) is 0 Å². The maximum absolute atomic E-state index is 6.83. The molecule has 30 heavy (non-hydrogen) atoms. The minimum atomic E-state index is -1.66. The summed E-state index contributed by atoms with van der Waals surface area (Å²) in [7, 11) is -4.43. The van der Waals surface area contributed by atoms with E-state index in [2.05, 4.69) is 67.4 Å². The molecule has 0 aliphatic carbocycles. The first-order chi connectivity index (χ1) is 13.8. The Bertz CT molecular complexity index is 425. The van der Waals surface area contributed by atoms with E-state index in [-0.39, 0.29) is 0 Å². The molecule has 0 aliphatic heterocycles. The number of rotatable bonds is 19. The van der Waals surface area contributed by atoms with Crippen molar-refractivity contribution in [3.63, 3.8) is 0 Å². The van der Waals surface area contributed by atoms with Gasteiger partial charge in [0.05, 0.1) is 8.07 Å². The average Bonchev–Trinajstić information content (AvgIpc) is 2.61. The fraction of sp³-hybridized carbons (Fsp3) is 1.00. The lowest BCUT2D eigenvalue weighted by molar-refractivity contribution is 0.302. The van der Waals surface area contributed by atoms with Crippen molar-refractivity contribution < 1.29 is 8.85 Å². The van der Waals surface area contributed by atoms with Gasteiger partial charge in [-0.2, -0.15) is 0 Å². The van der Waals surface area contributed by atoms with Crippen molar-refractivity contribution in [2.45, 2.75) is 136 Å². The Labute approximate surface area is 194 Å². The first-order valence-corrected chi connectivity index (χ1v) is 22.4. The molecule has 0 heterocycles. The summed E-state index contributed by atoms with van der Waals surface area (Å²) in [5.41, 5.74) is 0. The molecule has 0 N–H and O–H groups in total. The van der Waals surface area contributed by atoms with Gasteiger partial charge in [-0.1, -0.05) is 98.7 Å². The van der Waals surface area contributed by atoms with Crippen LogP contribution in [-0.2, 0) is 8.85 Å². The second-order valence-corrected chi connectivity index (χ2v) is 25.9. The molecular weight excluding hydrogens is 417 g/mol. The number of unbranched alkanes of at least 4 members (excludes halogenated alkanes) is 2. The predicted molar refractivity (Wildman–Crippen MR) is 145 cm³/mol. The number of hydrogen-bond donors (Lipinski definition) is 0. The van der Waals surface area contributed by atoms with Crippen LogP contribution >= 0.6 is 0 Å². The SMILES string of the molecule is CCCC[Si](C)(CCO[Si](C)(C)CCCCC(C)C)OC[Si](C)(C)CCCC(C)C. The molecular formula is C25H58O2Si3. The fourth-order valence-electron chi connectivity index (χ4n) is 3.97. The van der Waals surface area contributed by atoms with Crippen molar-refractivity contribution in [1.82, 2.24) is 0 Å². The van der Waals surface area contributed by atoms with Gasteiger partial charge in [-0.3, -0.25) is 0 Å². The molecule has 0 rings (SSSR count). The van der Waals surface area contributed by atoms with Crippen molar-refractivity contribution in [2.75, 3.05) is 12.8 Å². The molecule has 0 bridgehead atoms. The zero-order valence-electron chi connectivity index (χ0n) is 22.7. The van der Waals surface area contributed by atoms with Crippen molar-refractivity contribution in [3.8, 4) is 0 Å². The van der Waals surface area contributed by atoms with Gasteiger partial charge in [0.2, 0.25) is 0 Å². The van der Waals surface area contributed by atoms with Gasteiger partial charge in [-0.25, -0.2) is 0 Å². The molecule has 0 fully saturated rings. The normalized spacial score (nSPS) is 15.2. The molecule has 1 unspecified atom stereocenters. The molecule has 0 aromatic carbocycles. The maximum atomic E-state index is 6.83. The van der Waals surface area contributed by atoms with E-state index in [0.717, 1.165) is 24.7 Å². The minimum Gasteiger partial charge on any atom is -0.420 e. The third-order valence-electron chi connectivity index (χ3n) is 6.44. The van der Waals surface area contributed by atoms with Crippen LogP contribution in [0.25, 0.3) is 0 Å². The summed E-state index contributed by atoms with van der Waals surface area (Å²) in [5.74, 6) is 1.66. The lowest BCUT2D eigenvalue weighted by atomic mass is 10.1. The summed E-state index contributed by atoms with van der Waals surface area (Å²) in [6.45, 7) is 25.0. The van der Waals surface area contributed by atoms with Gasteiger partial charge in [0, 0.05) is 12.8 Å².